The third-order valence-electron chi connectivity index (χ3n) is 5.02. The van der Waals surface area contributed by atoms with Crippen LogP contribution in [0.5, 0.6) is 0 Å². The Kier molecular flexibility index (Phi) is 7.11. The standard InChI is InChI=1S/C22H26FN5O2/c1-15-3-5-19(14-25-15)26-22(30)27-21-11-18(4-6-20(21)23)13-24-12-17-7-9-28(10-8-17)16(2)29/h3-6,11-12,14,17H,7-10,13H2,1-2H3,(H2,26,27,30). The number of halogens is 1. The summed E-state index contributed by atoms with van der Waals surface area (Å²) in [5, 5.41) is 5.15. The fraction of sp³-hybridized carbons (Fsp3) is 0.364. The normalized spacial score (nSPS) is 14.7. The molecule has 1 saturated heterocycles. The van der Waals surface area contributed by atoms with Crippen LogP contribution in [0.15, 0.2) is 41.5 Å². The third kappa shape index (κ3) is 6.10. The van der Waals surface area contributed by atoms with Crippen molar-refractivity contribution in [2.45, 2.75) is 33.2 Å². The van der Waals surface area contributed by atoms with Gasteiger partial charge in [0.25, 0.3) is 0 Å². The highest BCUT2D eigenvalue weighted by atomic mass is 19.1. The van der Waals surface area contributed by atoms with Crippen LogP contribution in [-0.4, -0.2) is 41.1 Å². The topological polar surface area (TPSA) is 86.7 Å². The van der Waals surface area contributed by atoms with E-state index in [9.17, 15) is 14.0 Å². The molecule has 1 aliphatic rings. The second-order valence-electron chi connectivity index (χ2n) is 7.41. The van der Waals surface area contributed by atoms with Crippen LogP contribution in [0.4, 0.5) is 20.6 Å². The van der Waals surface area contributed by atoms with Crippen molar-refractivity contribution < 1.29 is 14.0 Å². The van der Waals surface area contributed by atoms with Crippen molar-refractivity contribution in [2.24, 2.45) is 10.9 Å². The predicted molar refractivity (Wildman–Crippen MR) is 115 cm³/mol. The van der Waals surface area contributed by atoms with Crippen LogP contribution in [0.3, 0.4) is 0 Å². The fourth-order valence-corrected chi connectivity index (χ4v) is 3.26. The summed E-state index contributed by atoms with van der Waals surface area (Å²) in [5.41, 5.74) is 2.25. The Bertz CT molecular complexity index is 922. The maximum atomic E-state index is 14.1. The first-order valence-corrected chi connectivity index (χ1v) is 9.95. The Labute approximate surface area is 175 Å². The van der Waals surface area contributed by atoms with E-state index in [4.69, 9.17) is 0 Å². The van der Waals surface area contributed by atoms with Crippen LogP contribution in [0.2, 0.25) is 0 Å². The number of amides is 3. The number of anilines is 2. The summed E-state index contributed by atoms with van der Waals surface area (Å²) in [6.45, 7) is 5.34. The quantitative estimate of drug-likeness (QED) is 0.729. The van der Waals surface area contributed by atoms with Gasteiger partial charge in [-0.2, -0.15) is 0 Å². The molecule has 1 aromatic carbocycles. The lowest BCUT2D eigenvalue weighted by molar-refractivity contribution is -0.129. The molecular weight excluding hydrogens is 385 g/mol. The van der Waals surface area contributed by atoms with Gasteiger partial charge in [-0.25, -0.2) is 9.18 Å². The fourth-order valence-electron chi connectivity index (χ4n) is 3.26. The molecular formula is C22H26FN5O2. The number of aromatic nitrogens is 1. The molecule has 0 aliphatic carbocycles. The van der Waals surface area contributed by atoms with Gasteiger partial charge in [0.2, 0.25) is 5.91 Å². The Morgan fingerprint density at radius 1 is 1.23 bits per heavy atom. The Balaban J connectivity index is 1.54. The van der Waals surface area contributed by atoms with E-state index in [-0.39, 0.29) is 11.6 Å². The zero-order valence-electron chi connectivity index (χ0n) is 17.2. The molecule has 0 radical (unpaired) electrons. The van der Waals surface area contributed by atoms with E-state index in [2.05, 4.69) is 20.6 Å². The van der Waals surface area contributed by atoms with E-state index < -0.39 is 11.8 Å². The van der Waals surface area contributed by atoms with E-state index in [1.807, 2.05) is 18.0 Å². The number of hydrogen-bond acceptors (Lipinski definition) is 4. The average Bonchev–Trinajstić information content (AvgIpc) is 2.72. The zero-order valence-corrected chi connectivity index (χ0v) is 17.2. The molecule has 0 saturated carbocycles. The van der Waals surface area contributed by atoms with E-state index >= 15 is 0 Å². The molecule has 1 aliphatic heterocycles. The van der Waals surface area contributed by atoms with E-state index in [1.54, 1.807) is 31.2 Å². The SMILES string of the molecule is CC(=O)N1CCC(C=NCc2ccc(F)c(NC(=O)Nc3ccc(C)nc3)c2)CC1. The second kappa shape index (κ2) is 9.96. The van der Waals surface area contributed by atoms with Gasteiger partial charge in [-0.3, -0.25) is 14.8 Å². The van der Waals surface area contributed by atoms with Crippen LogP contribution >= 0.6 is 0 Å². The number of nitrogens with one attached hydrogen (secondary N) is 2. The van der Waals surface area contributed by atoms with Gasteiger partial charge in [0.15, 0.2) is 0 Å². The largest absolute Gasteiger partial charge is 0.343 e. The number of carbonyl (C=O) groups excluding carboxylic acids is 2. The minimum atomic E-state index is -0.544. The molecule has 30 heavy (non-hydrogen) atoms. The van der Waals surface area contributed by atoms with Crippen LogP contribution in [0, 0.1) is 18.7 Å². The number of urea groups is 1. The summed E-state index contributed by atoms with van der Waals surface area (Å²) in [6.07, 6.45) is 5.25. The van der Waals surface area contributed by atoms with Crippen molar-refractivity contribution in [2.75, 3.05) is 23.7 Å². The van der Waals surface area contributed by atoms with Crippen molar-refractivity contribution in [1.29, 1.82) is 0 Å². The highest BCUT2D eigenvalue weighted by Crippen LogP contribution is 2.19. The predicted octanol–water partition coefficient (Wildman–Crippen LogP) is 4.00. The van der Waals surface area contributed by atoms with Crippen molar-refractivity contribution >= 4 is 29.5 Å². The number of nitrogens with zero attached hydrogens (tertiary/aromatic N) is 3. The summed E-state index contributed by atoms with van der Waals surface area (Å²) in [5.74, 6) is -0.0662. The maximum absolute atomic E-state index is 14.1. The molecule has 1 fully saturated rings. The van der Waals surface area contributed by atoms with Gasteiger partial charge in [-0.05, 0) is 55.5 Å². The van der Waals surface area contributed by atoms with Crippen LogP contribution in [0.25, 0.3) is 0 Å². The van der Waals surface area contributed by atoms with Gasteiger partial charge in [-0.1, -0.05) is 6.07 Å². The molecule has 2 N–H and O–H groups in total. The van der Waals surface area contributed by atoms with Crippen LogP contribution in [-0.2, 0) is 11.3 Å². The molecule has 158 valence electrons. The minimum Gasteiger partial charge on any atom is -0.343 e. The number of benzene rings is 1. The number of rotatable bonds is 5. The molecule has 2 aromatic rings. The summed E-state index contributed by atoms with van der Waals surface area (Å²) >= 11 is 0. The van der Waals surface area contributed by atoms with Crippen molar-refractivity contribution in [3.05, 3.63) is 53.6 Å². The van der Waals surface area contributed by atoms with E-state index in [0.29, 0.717) is 18.2 Å². The van der Waals surface area contributed by atoms with Gasteiger partial charge in [-0.15, -0.1) is 0 Å². The van der Waals surface area contributed by atoms with Gasteiger partial charge < -0.3 is 15.5 Å². The summed E-state index contributed by atoms with van der Waals surface area (Å²) in [7, 11) is 0. The van der Waals surface area contributed by atoms with Crippen LogP contribution in [0.1, 0.15) is 31.0 Å². The van der Waals surface area contributed by atoms with Crippen molar-refractivity contribution in [3.63, 3.8) is 0 Å². The summed E-state index contributed by atoms with van der Waals surface area (Å²) in [6, 6.07) is 7.51. The third-order valence-corrected chi connectivity index (χ3v) is 5.02. The second-order valence-corrected chi connectivity index (χ2v) is 7.41. The highest BCUT2D eigenvalue weighted by molar-refractivity contribution is 5.99. The number of piperidine rings is 1. The maximum Gasteiger partial charge on any atom is 0.323 e. The lowest BCUT2D eigenvalue weighted by atomic mass is 9.98. The van der Waals surface area contributed by atoms with E-state index in [0.717, 1.165) is 37.2 Å². The van der Waals surface area contributed by atoms with Crippen LogP contribution < -0.4 is 10.6 Å². The zero-order chi connectivity index (χ0) is 21.5. The smallest absolute Gasteiger partial charge is 0.323 e. The molecule has 7 nitrogen and oxygen atoms in total. The molecule has 3 amide bonds. The molecule has 8 heteroatoms. The average molecular weight is 411 g/mol. The molecule has 0 unspecified atom stereocenters. The van der Waals surface area contributed by atoms with Crippen molar-refractivity contribution in [1.82, 2.24) is 9.88 Å². The number of aryl methyl sites for hydroxylation is 1. The molecule has 1 aromatic heterocycles. The first-order valence-electron chi connectivity index (χ1n) is 9.95. The Morgan fingerprint density at radius 3 is 2.67 bits per heavy atom. The number of likely N-dealkylation sites (tertiary alicyclic amines) is 1. The molecule has 3 rings (SSSR count). The van der Waals surface area contributed by atoms with Crippen molar-refractivity contribution in [3.8, 4) is 0 Å². The first-order chi connectivity index (χ1) is 14.4. The number of carbonyl (C=O) groups is 2. The number of hydrogen-bond donors (Lipinski definition) is 2. The van der Waals surface area contributed by atoms with E-state index in [1.165, 1.54) is 12.3 Å². The molecule has 0 spiro atoms. The van der Waals surface area contributed by atoms with Gasteiger partial charge in [0.1, 0.15) is 5.82 Å². The lowest BCUT2D eigenvalue weighted by Gasteiger charge is -2.29. The number of aliphatic imine (C=N–C) groups is 1. The summed E-state index contributed by atoms with van der Waals surface area (Å²) < 4.78 is 14.1. The van der Waals surface area contributed by atoms with Gasteiger partial charge in [0, 0.05) is 31.9 Å². The molecule has 0 bridgehead atoms. The first kappa shape index (κ1) is 21.4. The summed E-state index contributed by atoms with van der Waals surface area (Å²) in [4.78, 5) is 34.0. The highest BCUT2D eigenvalue weighted by Gasteiger charge is 2.19. The molecule has 0 atom stereocenters. The molecule has 2 heterocycles. The monoisotopic (exact) mass is 411 g/mol. The lowest BCUT2D eigenvalue weighted by Crippen LogP contribution is -2.37. The van der Waals surface area contributed by atoms with Gasteiger partial charge >= 0.3 is 6.03 Å². The Hall–Kier alpha value is -3.29. The van der Waals surface area contributed by atoms with Gasteiger partial charge in [0.05, 0.1) is 24.1 Å². The number of pyridine rings is 1. The minimum absolute atomic E-state index is 0.0926. The Morgan fingerprint density at radius 2 is 2.00 bits per heavy atom.